The van der Waals surface area contributed by atoms with Crippen molar-refractivity contribution in [3.8, 4) is 0 Å². The first kappa shape index (κ1) is 14.5. The molecule has 0 bridgehead atoms. The van der Waals surface area contributed by atoms with Crippen molar-refractivity contribution in [2.45, 2.75) is 71.4 Å². The second-order valence-corrected chi connectivity index (χ2v) is 4.85. The molecule has 17 heavy (non-hydrogen) atoms. The first-order valence-electron chi connectivity index (χ1n) is 7.16. The molecule has 0 aromatic rings. The summed E-state index contributed by atoms with van der Waals surface area (Å²) in [5.41, 5.74) is 0. The second-order valence-electron chi connectivity index (χ2n) is 4.85. The number of esters is 1. The smallest absolute Gasteiger partial charge is 0.306 e. The first-order valence-corrected chi connectivity index (χ1v) is 7.16. The summed E-state index contributed by atoms with van der Waals surface area (Å²) in [5, 5.41) is 0. The van der Waals surface area contributed by atoms with Crippen LogP contribution in [0.25, 0.3) is 0 Å². The van der Waals surface area contributed by atoms with E-state index in [1.54, 1.807) is 0 Å². The normalized spacial score (nSPS) is 24.9. The minimum Gasteiger partial charge on any atom is -0.461 e. The maximum Gasteiger partial charge on any atom is 0.306 e. The van der Waals surface area contributed by atoms with Gasteiger partial charge in [0.25, 0.3) is 0 Å². The molecule has 0 spiro atoms. The minimum absolute atomic E-state index is 0.0171. The van der Waals surface area contributed by atoms with E-state index in [1.165, 1.54) is 19.3 Å². The third kappa shape index (κ3) is 4.30. The van der Waals surface area contributed by atoms with Crippen molar-refractivity contribution in [3.63, 3.8) is 0 Å². The SMILES string of the molecule is CCCC(=O)O[C@@H]1CCCC[C@H]1N(CC)CC. The topological polar surface area (TPSA) is 29.5 Å². The molecule has 3 heteroatoms. The molecule has 0 heterocycles. The molecule has 0 amide bonds. The van der Waals surface area contributed by atoms with Crippen LogP contribution in [0.15, 0.2) is 0 Å². The molecule has 1 aliphatic rings. The minimum atomic E-state index is -0.0171. The molecule has 0 N–H and O–H groups in total. The van der Waals surface area contributed by atoms with Crippen molar-refractivity contribution < 1.29 is 9.53 Å². The first-order chi connectivity index (χ1) is 8.22. The third-order valence-corrected chi connectivity index (χ3v) is 3.69. The summed E-state index contributed by atoms with van der Waals surface area (Å²) < 4.78 is 5.65. The van der Waals surface area contributed by atoms with E-state index in [9.17, 15) is 4.79 Å². The van der Waals surface area contributed by atoms with Crippen LogP contribution in [0.1, 0.15) is 59.3 Å². The summed E-state index contributed by atoms with van der Waals surface area (Å²) in [4.78, 5) is 14.0. The fourth-order valence-corrected chi connectivity index (χ4v) is 2.76. The van der Waals surface area contributed by atoms with Crippen LogP contribution in [0.2, 0.25) is 0 Å². The Hall–Kier alpha value is -0.570. The van der Waals surface area contributed by atoms with E-state index >= 15 is 0 Å². The highest BCUT2D eigenvalue weighted by molar-refractivity contribution is 5.69. The average Bonchev–Trinajstić information content (AvgIpc) is 2.33. The highest BCUT2D eigenvalue weighted by Crippen LogP contribution is 2.26. The quantitative estimate of drug-likeness (QED) is 0.670. The summed E-state index contributed by atoms with van der Waals surface area (Å²) in [6.07, 6.45) is 6.23. The molecule has 0 aliphatic heterocycles. The molecule has 0 radical (unpaired) electrons. The van der Waals surface area contributed by atoms with Gasteiger partial charge in [-0.25, -0.2) is 0 Å². The van der Waals surface area contributed by atoms with E-state index < -0.39 is 0 Å². The lowest BCUT2D eigenvalue weighted by Gasteiger charge is -2.38. The molecule has 3 nitrogen and oxygen atoms in total. The predicted octanol–water partition coefficient (Wildman–Crippen LogP) is 2.98. The van der Waals surface area contributed by atoms with Crippen LogP contribution in [-0.4, -0.2) is 36.1 Å². The fourth-order valence-electron chi connectivity index (χ4n) is 2.76. The van der Waals surface area contributed by atoms with Crippen LogP contribution >= 0.6 is 0 Å². The molecule has 1 fully saturated rings. The lowest BCUT2D eigenvalue weighted by atomic mass is 9.91. The Morgan fingerprint density at radius 1 is 1.18 bits per heavy atom. The number of nitrogens with zero attached hydrogens (tertiary/aromatic N) is 1. The van der Waals surface area contributed by atoms with Crippen LogP contribution in [0, 0.1) is 0 Å². The lowest BCUT2D eigenvalue weighted by molar-refractivity contribution is -0.154. The lowest BCUT2D eigenvalue weighted by Crippen LogP contribution is -2.47. The maximum absolute atomic E-state index is 11.6. The molecule has 0 saturated heterocycles. The predicted molar refractivity (Wildman–Crippen MR) is 70.0 cm³/mol. The Labute approximate surface area is 106 Å². The third-order valence-electron chi connectivity index (χ3n) is 3.69. The van der Waals surface area contributed by atoms with E-state index in [0.717, 1.165) is 25.9 Å². The van der Waals surface area contributed by atoms with E-state index in [1.807, 2.05) is 6.92 Å². The number of carbonyl (C=O) groups excluding carboxylic acids is 1. The van der Waals surface area contributed by atoms with Crippen LogP contribution in [0.4, 0.5) is 0 Å². The molecular formula is C14H27NO2. The second kappa shape index (κ2) is 7.70. The number of likely N-dealkylation sites (N-methyl/N-ethyl adjacent to an activating group) is 1. The van der Waals surface area contributed by atoms with Crippen molar-refractivity contribution in [2.24, 2.45) is 0 Å². The summed E-state index contributed by atoms with van der Waals surface area (Å²) in [7, 11) is 0. The van der Waals surface area contributed by atoms with Gasteiger partial charge in [0.05, 0.1) is 0 Å². The molecule has 0 aromatic heterocycles. The van der Waals surface area contributed by atoms with Gasteiger partial charge in [-0.15, -0.1) is 0 Å². The number of hydrogen-bond donors (Lipinski definition) is 0. The van der Waals surface area contributed by atoms with Gasteiger partial charge < -0.3 is 4.74 Å². The Bertz CT molecular complexity index is 226. The van der Waals surface area contributed by atoms with Gasteiger partial charge in [0, 0.05) is 12.5 Å². The molecule has 0 unspecified atom stereocenters. The summed E-state index contributed by atoms with van der Waals surface area (Å²) in [6, 6.07) is 0.444. The maximum atomic E-state index is 11.6. The van der Waals surface area contributed by atoms with Crippen LogP contribution in [0.3, 0.4) is 0 Å². The van der Waals surface area contributed by atoms with Gasteiger partial charge in [-0.05, 0) is 38.8 Å². The molecule has 1 saturated carbocycles. The van der Waals surface area contributed by atoms with Crippen LogP contribution in [0.5, 0.6) is 0 Å². The zero-order valence-electron chi connectivity index (χ0n) is 11.6. The number of carbonyl (C=O) groups is 1. The zero-order valence-corrected chi connectivity index (χ0v) is 11.6. The van der Waals surface area contributed by atoms with E-state index in [0.29, 0.717) is 12.5 Å². The Kier molecular flexibility index (Phi) is 6.56. The Morgan fingerprint density at radius 3 is 2.41 bits per heavy atom. The van der Waals surface area contributed by atoms with Crippen molar-refractivity contribution in [1.29, 1.82) is 0 Å². The Balaban J connectivity index is 2.55. The molecule has 100 valence electrons. The van der Waals surface area contributed by atoms with Gasteiger partial charge in [-0.1, -0.05) is 27.2 Å². The van der Waals surface area contributed by atoms with Gasteiger partial charge in [0.15, 0.2) is 0 Å². The standard InChI is InChI=1S/C14H27NO2/c1-4-9-14(16)17-13-11-8-7-10-12(13)15(5-2)6-3/h12-13H,4-11H2,1-3H3/t12-,13-/m1/s1. The van der Waals surface area contributed by atoms with Crippen molar-refractivity contribution in [3.05, 3.63) is 0 Å². The zero-order chi connectivity index (χ0) is 12.7. The number of hydrogen-bond acceptors (Lipinski definition) is 3. The van der Waals surface area contributed by atoms with E-state index in [-0.39, 0.29) is 12.1 Å². The Morgan fingerprint density at radius 2 is 1.82 bits per heavy atom. The summed E-state index contributed by atoms with van der Waals surface area (Å²) >= 11 is 0. The molecule has 1 aliphatic carbocycles. The molecule has 1 rings (SSSR count). The van der Waals surface area contributed by atoms with Gasteiger partial charge in [-0.3, -0.25) is 9.69 Å². The van der Waals surface area contributed by atoms with Gasteiger partial charge in [0.2, 0.25) is 0 Å². The van der Waals surface area contributed by atoms with Gasteiger partial charge in [-0.2, -0.15) is 0 Å². The van der Waals surface area contributed by atoms with Gasteiger partial charge in [0.1, 0.15) is 6.10 Å². The summed E-state index contributed by atoms with van der Waals surface area (Å²) in [6.45, 7) is 8.47. The van der Waals surface area contributed by atoms with Crippen molar-refractivity contribution in [1.82, 2.24) is 4.90 Å². The van der Waals surface area contributed by atoms with Crippen molar-refractivity contribution in [2.75, 3.05) is 13.1 Å². The molecule has 2 atom stereocenters. The highest BCUT2D eigenvalue weighted by atomic mass is 16.5. The average molecular weight is 241 g/mol. The van der Waals surface area contributed by atoms with E-state index in [2.05, 4.69) is 18.7 Å². The summed E-state index contributed by atoms with van der Waals surface area (Å²) in [5.74, 6) is -0.0171. The molecular weight excluding hydrogens is 214 g/mol. The molecule has 0 aromatic carbocycles. The van der Waals surface area contributed by atoms with E-state index in [4.69, 9.17) is 4.74 Å². The number of ether oxygens (including phenoxy) is 1. The van der Waals surface area contributed by atoms with Gasteiger partial charge >= 0.3 is 5.97 Å². The largest absolute Gasteiger partial charge is 0.461 e. The van der Waals surface area contributed by atoms with Crippen LogP contribution < -0.4 is 0 Å². The number of rotatable bonds is 6. The fraction of sp³-hybridized carbons (Fsp3) is 0.929. The van der Waals surface area contributed by atoms with Crippen molar-refractivity contribution >= 4 is 5.97 Å². The van der Waals surface area contributed by atoms with Crippen LogP contribution in [-0.2, 0) is 9.53 Å². The highest BCUT2D eigenvalue weighted by Gasteiger charge is 2.31. The monoisotopic (exact) mass is 241 g/mol.